The van der Waals surface area contributed by atoms with Gasteiger partial charge in [0.1, 0.15) is 5.75 Å². The fourth-order valence-electron chi connectivity index (χ4n) is 1.84. The Morgan fingerprint density at radius 3 is 2.71 bits per heavy atom. The number of nitrogens with one attached hydrogen (secondary N) is 1. The van der Waals surface area contributed by atoms with E-state index >= 15 is 0 Å². The molecule has 1 unspecified atom stereocenters. The highest BCUT2D eigenvalue weighted by Gasteiger charge is 2.24. The Kier molecular flexibility index (Phi) is 2.61. The van der Waals surface area contributed by atoms with Crippen LogP contribution in [0.5, 0.6) is 5.75 Å². The number of fused-ring (bicyclic) bond motifs is 1. The Bertz CT molecular complexity index is 546. The van der Waals surface area contributed by atoms with E-state index in [1.54, 1.807) is 12.1 Å². The molecule has 4 heteroatoms. The van der Waals surface area contributed by atoms with Crippen LogP contribution in [0.2, 0.25) is 10.0 Å². The third-order valence-corrected chi connectivity index (χ3v) is 3.24. The summed E-state index contributed by atoms with van der Waals surface area (Å²) in [7, 11) is 0. The second-order valence-electron chi connectivity index (χ2n) is 3.80. The van der Waals surface area contributed by atoms with E-state index in [1.165, 1.54) is 0 Å². The third-order valence-electron chi connectivity index (χ3n) is 2.66. The minimum Gasteiger partial charge on any atom is -0.464 e. The third kappa shape index (κ3) is 1.94. The lowest BCUT2D eigenvalue weighted by Gasteiger charge is -2.13. The smallest absolute Gasteiger partial charge is 0.198 e. The predicted molar refractivity (Wildman–Crippen MR) is 69.9 cm³/mol. The van der Waals surface area contributed by atoms with E-state index in [0.717, 1.165) is 17.0 Å². The van der Waals surface area contributed by atoms with E-state index in [0.29, 0.717) is 10.0 Å². The average Bonchev–Trinajstić information content (AvgIpc) is 2.75. The lowest BCUT2D eigenvalue weighted by atomic mass is 10.2. The number of halogens is 2. The molecule has 1 heterocycles. The van der Waals surface area contributed by atoms with Crippen molar-refractivity contribution < 1.29 is 4.74 Å². The molecule has 0 fully saturated rings. The van der Waals surface area contributed by atoms with Crippen LogP contribution >= 0.6 is 23.2 Å². The van der Waals surface area contributed by atoms with Crippen LogP contribution in [0, 0.1) is 0 Å². The van der Waals surface area contributed by atoms with E-state index in [4.69, 9.17) is 27.9 Å². The molecule has 2 nitrogen and oxygen atoms in total. The fourth-order valence-corrected chi connectivity index (χ4v) is 2.24. The minimum absolute atomic E-state index is 0.279. The van der Waals surface area contributed by atoms with Crippen LogP contribution in [0.4, 0.5) is 5.69 Å². The molecule has 0 aliphatic carbocycles. The summed E-state index contributed by atoms with van der Waals surface area (Å²) in [6.45, 7) is 0. The van der Waals surface area contributed by atoms with E-state index in [-0.39, 0.29) is 6.23 Å². The highest BCUT2D eigenvalue weighted by atomic mass is 35.5. The molecule has 2 aromatic carbocycles. The summed E-state index contributed by atoms with van der Waals surface area (Å²) in [5.74, 6) is 0.827. The summed E-state index contributed by atoms with van der Waals surface area (Å²) in [4.78, 5) is 0. The molecule has 86 valence electrons. The van der Waals surface area contributed by atoms with Gasteiger partial charge >= 0.3 is 0 Å². The Labute approximate surface area is 109 Å². The van der Waals surface area contributed by atoms with Gasteiger partial charge in [-0.3, -0.25) is 0 Å². The van der Waals surface area contributed by atoms with Crippen molar-refractivity contribution in [3.8, 4) is 5.75 Å². The molecule has 0 radical (unpaired) electrons. The van der Waals surface area contributed by atoms with Crippen molar-refractivity contribution >= 4 is 28.9 Å². The molecule has 0 spiro atoms. The van der Waals surface area contributed by atoms with Gasteiger partial charge in [-0.15, -0.1) is 0 Å². The van der Waals surface area contributed by atoms with Crippen molar-refractivity contribution in [3.05, 3.63) is 58.1 Å². The molecule has 1 N–H and O–H groups in total. The highest BCUT2D eigenvalue weighted by molar-refractivity contribution is 6.33. The van der Waals surface area contributed by atoms with Crippen LogP contribution in [0.25, 0.3) is 0 Å². The molecule has 0 amide bonds. The molecule has 1 aliphatic rings. The normalized spacial score (nSPS) is 17.2. The van der Waals surface area contributed by atoms with Gasteiger partial charge < -0.3 is 10.1 Å². The predicted octanol–water partition coefficient (Wildman–Crippen LogP) is 4.50. The Morgan fingerprint density at radius 1 is 1.06 bits per heavy atom. The molecule has 0 saturated carbocycles. The SMILES string of the molecule is Clc1ccc(Cl)c(C2Nc3ccccc3O2)c1. The Morgan fingerprint density at radius 2 is 1.88 bits per heavy atom. The zero-order valence-corrected chi connectivity index (χ0v) is 10.3. The van der Waals surface area contributed by atoms with Crippen LogP contribution in [0.1, 0.15) is 11.8 Å². The first-order valence-corrected chi connectivity index (χ1v) is 5.97. The van der Waals surface area contributed by atoms with E-state index in [1.807, 2.05) is 30.3 Å². The van der Waals surface area contributed by atoms with Crippen LogP contribution in [-0.2, 0) is 0 Å². The summed E-state index contributed by atoms with van der Waals surface area (Å²) >= 11 is 12.1. The maximum Gasteiger partial charge on any atom is 0.198 e. The van der Waals surface area contributed by atoms with Gasteiger partial charge in [0.25, 0.3) is 0 Å². The van der Waals surface area contributed by atoms with Crippen molar-refractivity contribution in [2.45, 2.75) is 6.23 Å². The van der Waals surface area contributed by atoms with Gasteiger partial charge in [-0.05, 0) is 30.3 Å². The molecule has 1 atom stereocenters. The lowest BCUT2D eigenvalue weighted by molar-refractivity contribution is 0.260. The summed E-state index contributed by atoms with van der Waals surface area (Å²) in [5.41, 5.74) is 1.81. The number of benzene rings is 2. The summed E-state index contributed by atoms with van der Waals surface area (Å²) in [5, 5.41) is 4.54. The van der Waals surface area contributed by atoms with Gasteiger partial charge in [-0.1, -0.05) is 35.3 Å². The van der Waals surface area contributed by atoms with Gasteiger partial charge in [-0.25, -0.2) is 0 Å². The summed E-state index contributed by atoms with van der Waals surface area (Å²) in [6, 6.07) is 13.1. The van der Waals surface area contributed by atoms with Crippen LogP contribution in [-0.4, -0.2) is 0 Å². The molecule has 1 aliphatic heterocycles. The van der Waals surface area contributed by atoms with Crippen molar-refractivity contribution in [2.24, 2.45) is 0 Å². The van der Waals surface area contributed by atoms with E-state index < -0.39 is 0 Å². The zero-order chi connectivity index (χ0) is 11.8. The number of rotatable bonds is 1. The van der Waals surface area contributed by atoms with E-state index in [9.17, 15) is 0 Å². The van der Waals surface area contributed by atoms with Crippen LogP contribution < -0.4 is 10.1 Å². The van der Waals surface area contributed by atoms with E-state index in [2.05, 4.69) is 5.32 Å². The minimum atomic E-state index is -0.279. The van der Waals surface area contributed by atoms with Gasteiger partial charge in [0.15, 0.2) is 6.23 Å². The topological polar surface area (TPSA) is 21.3 Å². The second-order valence-corrected chi connectivity index (χ2v) is 4.65. The number of hydrogen-bond donors (Lipinski definition) is 1. The second kappa shape index (κ2) is 4.13. The highest BCUT2D eigenvalue weighted by Crippen LogP contribution is 2.39. The maximum absolute atomic E-state index is 6.14. The lowest BCUT2D eigenvalue weighted by Crippen LogP contribution is -2.10. The van der Waals surface area contributed by atoms with Crippen molar-refractivity contribution in [1.82, 2.24) is 0 Å². The fraction of sp³-hybridized carbons (Fsp3) is 0.0769. The van der Waals surface area contributed by atoms with Gasteiger partial charge in [0, 0.05) is 15.6 Å². The molecular weight excluding hydrogens is 257 g/mol. The van der Waals surface area contributed by atoms with Crippen molar-refractivity contribution in [1.29, 1.82) is 0 Å². The summed E-state index contributed by atoms with van der Waals surface area (Å²) in [6.07, 6.45) is -0.279. The molecule has 2 aromatic rings. The largest absolute Gasteiger partial charge is 0.464 e. The molecule has 0 aromatic heterocycles. The quantitative estimate of drug-likeness (QED) is 0.820. The summed E-state index contributed by atoms with van der Waals surface area (Å²) < 4.78 is 5.77. The molecule has 0 bridgehead atoms. The van der Waals surface area contributed by atoms with Crippen molar-refractivity contribution in [2.75, 3.05) is 5.32 Å². The number of hydrogen-bond acceptors (Lipinski definition) is 2. The number of anilines is 1. The standard InChI is InChI=1S/C13H9Cl2NO/c14-8-5-6-10(15)9(7-8)13-16-11-3-1-2-4-12(11)17-13/h1-7,13,16H. The first kappa shape index (κ1) is 10.8. The molecular formula is C13H9Cl2NO. The molecule has 17 heavy (non-hydrogen) atoms. The van der Waals surface area contributed by atoms with Crippen LogP contribution in [0.3, 0.4) is 0 Å². The van der Waals surface area contributed by atoms with Gasteiger partial charge in [0.2, 0.25) is 0 Å². The monoisotopic (exact) mass is 265 g/mol. The first-order chi connectivity index (χ1) is 8.24. The Balaban J connectivity index is 1.96. The number of ether oxygens (including phenoxy) is 1. The van der Waals surface area contributed by atoms with Gasteiger partial charge in [-0.2, -0.15) is 0 Å². The Hall–Kier alpha value is -1.38. The number of para-hydroxylation sites is 2. The van der Waals surface area contributed by atoms with Crippen LogP contribution in [0.15, 0.2) is 42.5 Å². The molecule has 3 rings (SSSR count). The zero-order valence-electron chi connectivity index (χ0n) is 8.78. The maximum atomic E-state index is 6.14. The van der Waals surface area contributed by atoms with Gasteiger partial charge in [0.05, 0.1) is 5.69 Å². The van der Waals surface area contributed by atoms with Crippen molar-refractivity contribution in [3.63, 3.8) is 0 Å². The first-order valence-electron chi connectivity index (χ1n) is 5.21. The average molecular weight is 266 g/mol. The molecule has 0 saturated heterocycles.